The van der Waals surface area contributed by atoms with Gasteiger partial charge in [-0.3, -0.25) is 0 Å². The van der Waals surface area contributed by atoms with E-state index >= 15 is 0 Å². The maximum Gasteiger partial charge on any atom is 0.330 e. The molecule has 0 saturated carbocycles. The number of rotatable bonds is 9. The van der Waals surface area contributed by atoms with E-state index in [4.69, 9.17) is 4.74 Å². The monoisotopic (exact) mass is 227 g/mol. The second kappa shape index (κ2) is 10.2. The van der Waals surface area contributed by atoms with Crippen LogP contribution in [0.2, 0.25) is 0 Å². The standard InChI is InChI=1S/C12H21NO3/c1-4-13-9-5-6-10-16-11(2)7-8-12(14)15-3/h7-8,13H,2,4-6,9-10H2,1,3H3/b8-7+. The van der Waals surface area contributed by atoms with Crippen LogP contribution >= 0.6 is 0 Å². The van der Waals surface area contributed by atoms with E-state index in [1.165, 1.54) is 19.3 Å². The molecule has 0 aromatic rings. The zero-order valence-electron chi connectivity index (χ0n) is 10.1. The topological polar surface area (TPSA) is 47.6 Å². The molecule has 0 aromatic heterocycles. The van der Waals surface area contributed by atoms with Gasteiger partial charge in [-0.2, -0.15) is 0 Å². The van der Waals surface area contributed by atoms with Crippen molar-refractivity contribution in [3.63, 3.8) is 0 Å². The first-order valence-electron chi connectivity index (χ1n) is 5.49. The van der Waals surface area contributed by atoms with Crippen molar-refractivity contribution in [2.75, 3.05) is 26.8 Å². The smallest absolute Gasteiger partial charge is 0.330 e. The van der Waals surface area contributed by atoms with Gasteiger partial charge in [-0.05, 0) is 32.0 Å². The lowest BCUT2D eigenvalue weighted by Crippen LogP contribution is -2.14. The second-order valence-electron chi connectivity index (χ2n) is 3.23. The van der Waals surface area contributed by atoms with Crippen LogP contribution in [0.1, 0.15) is 19.8 Å². The third kappa shape index (κ3) is 9.27. The summed E-state index contributed by atoms with van der Waals surface area (Å²) in [5.41, 5.74) is 0. The van der Waals surface area contributed by atoms with Gasteiger partial charge in [-0.1, -0.05) is 13.5 Å². The fourth-order valence-corrected chi connectivity index (χ4v) is 1.01. The molecule has 0 unspecified atom stereocenters. The third-order valence-electron chi connectivity index (χ3n) is 1.89. The first kappa shape index (κ1) is 14.7. The van der Waals surface area contributed by atoms with Crippen LogP contribution in [0.15, 0.2) is 24.5 Å². The minimum Gasteiger partial charge on any atom is -0.494 e. The van der Waals surface area contributed by atoms with E-state index < -0.39 is 5.97 Å². The number of hydrogen-bond acceptors (Lipinski definition) is 4. The van der Waals surface area contributed by atoms with Gasteiger partial charge in [-0.15, -0.1) is 0 Å². The van der Waals surface area contributed by atoms with E-state index in [-0.39, 0.29) is 0 Å². The summed E-state index contributed by atoms with van der Waals surface area (Å²) in [4.78, 5) is 10.8. The van der Waals surface area contributed by atoms with Crippen LogP contribution in [0.5, 0.6) is 0 Å². The summed E-state index contributed by atoms with van der Waals surface area (Å²) in [7, 11) is 1.33. The highest BCUT2D eigenvalue weighted by molar-refractivity contribution is 5.82. The summed E-state index contributed by atoms with van der Waals surface area (Å²) in [6.45, 7) is 8.36. The molecule has 0 heterocycles. The predicted octanol–water partition coefficient (Wildman–Crippen LogP) is 1.64. The molecule has 0 fully saturated rings. The van der Waals surface area contributed by atoms with Crippen LogP contribution in [0.25, 0.3) is 0 Å². The molecule has 0 amide bonds. The molecule has 1 N–H and O–H groups in total. The number of methoxy groups -OCH3 is 1. The molecule has 0 atom stereocenters. The number of esters is 1. The molecule has 0 aliphatic rings. The quantitative estimate of drug-likeness (QED) is 0.214. The molecule has 0 saturated heterocycles. The predicted molar refractivity (Wildman–Crippen MR) is 64.0 cm³/mol. The van der Waals surface area contributed by atoms with Crippen molar-refractivity contribution in [1.29, 1.82) is 0 Å². The number of carbonyl (C=O) groups excluding carboxylic acids is 1. The molecular weight excluding hydrogens is 206 g/mol. The number of ether oxygens (including phenoxy) is 2. The van der Waals surface area contributed by atoms with Gasteiger partial charge in [0.1, 0.15) is 5.76 Å². The Labute approximate surface area is 97.3 Å². The average Bonchev–Trinajstić information content (AvgIpc) is 2.30. The van der Waals surface area contributed by atoms with Crippen molar-refractivity contribution in [2.45, 2.75) is 19.8 Å². The van der Waals surface area contributed by atoms with Crippen molar-refractivity contribution in [3.05, 3.63) is 24.5 Å². The summed E-state index contributed by atoms with van der Waals surface area (Å²) in [6, 6.07) is 0. The van der Waals surface area contributed by atoms with Gasteiger partial charge in [0.05, 0.1) is 13.7 Å². The van der Waals surface area contributed by atoms with Crippen molar-refractivity contribution in [1.82, 2.24) is 5.32 Å². The van der Waals surface area contributed by atoms with Crippen molar-refractivity contribution < 1.29 is 14.3 Å². The summed E-state index contributed by atoms with van der Waals surface area (Å²) in [6.07, 6.45) is 4.84. The van der Waals surface area contributed by atoms with E-state index in [0.29, 0.717) is 12.4 Å². The summed E-state index contributed by atoms with van der Waals surface area (Å²) in [5.74, 6) is 0.0748. The zero-order chi connectivity index (χ0) is 12.2. The molecule has 0 aromatic carbocycles. The fraction of sp³-hybridized carbons (Fsp3) is 0.583. The van der Waals surface area contributed by atoms with E-state index in [1.807, 2.05) is 0 Å². The van der Waals surface area contributed by atoms with Crippen LogP contribution < -0.4 is 5.32 Å². The molecular formula is C12H21NO3. The molecule has 16 heavy (non-hydrogen) atoms. The van der Waals surface area contributed by atoms with Crippen LogP contribution in [0, 0.1) is 0 Å². The lowest BCUT2D eigenvalue weighted by atomic mass is 10.3. The first-order valence-corrected chi connectivity index (χ1v) is 5.49. The Morgan fingerprint density at radius 2 is 2.12 bits per heavy atom. The zero-order valence-corrected chi connectivity index (χ0v) is 10.1. The lowest BCUT2D eigenvalue weighted by Gasteiger charge is -2.05. The van der Waals surface area contributed by atoms with Crippen molar-refractivity contribution >= 4 is 5.97 Å². The van der Waals surface area contributed by atoms with Gasteiger partial charge in [0.2, 0.25) is 0 Å². The van der Waals surface area contributed by atoms with Crippen LogP contribution in [0.4, 0.5) is 0 Å². The molecule has 0 bridgehead atoms. The lowest BCUT2D eigenvalue weighted by molar-refractivity contribution is -0.134. The molecule has 4 nitrogen and oxygen atoms in total. The van der Waals surface area contributed by atoms with Crippen LogP contribution in [-0.4, -0.2) is 32.8 Å². The maximum atomic E-state index is 10.8. The highest BCUT2D eigenvalue weighted by Crippen LogP contribution is 1.99. The normalized spacial score (nSPS) is 10.4. The Kier molecular flexibility index (Phi) is 9.41. The maximum absolute atomic E-state index is 10.8. The third-order valence-corrected chi connectivity index (χ3v) is 1.89. The SMILES string of the molecule is C=C(/C=C/C(=O)OC)OCCCCNCC. The number of nitrogens with one attached hydrogen (secondary N) is 1. The van der Waals surface area contributed by atoms with Gasteiger partial charge in [-0.25, -0.2) is 4.79 Å². The van der Waals surface area contributed by atoms with Crippen molar-refractivity contribution in [3.8, 4) is 0 Å². The van der Waals surface area contributed by atoms with Gasteiger partial charge in [0, 0.05) is 6.08 Å². The molecule has 0 aliphatic heterocycles. The average molecular weight is 227 g/mol. The minimum atomic E-state index is -0.406. The Morgan fingerprint density at radius 1 is 1.38 bits per heavy atom. The summed E-state index contributed by atoms with van der Waals surface area (Å²) >= 11 is 0. The number of carbonyl (C=O) groups is 1. The molecule has 92 valence electrons. The van der Waals surface area contributed by atoms with E-state index in [0.717, 1.165) is 25.9 Å². The molecule has 0 aliphatic carbocycles. The number of unbranched alkanes of at least 4 members (excludes halogenated alkanes) is 1. The highest BCUT2D eigenvalue weighted by Gasteiger charge is 1.94. The van der Waals surface area contributed by atoms with E-state index in [9.17, 15) is 4.79 Å². The van der Waals surface area contributed by atoms with Gasteiger partial charge >= 0.3 is 5.97 Å². The Morgan fingerprint density at radius 3 is 2.75 bits per heavy atom. The van der Waals surface area contributed by atoms with E-state index in [2.05, 4.69) is 23.6 Å². The molecule has 0 radical (unpaired) electrons. The second-order valence-corrected chi connectivity index (χ2v) is 3.23. The van der Waals surface area contributed by atoms with Crippen molar-refractivity contribution in [2.24, 2.45) is 0 Å². The highest BCUT2D eigenvalue weighted by atomic mass is 16.5. The van der Waals surface area contributed by atoms with Gasteiger partial charge in [0.15, 0.2) is 0 Å². The molecule has 0 rings (SSSR count). The number of allylic oxidation sites excluding steroid dienone is 1. The Balaban J connectivity index is 3.44. The molecule has 0 spiro atoms. The largest absolute Gasteiger partial charge is 0.494 e. The summed E-state index contributed by atoms with van der Waals surface area (Å²) < 4.78 is 9.74. The van der Waals surface area contributed by atoms with Crippen LogP contribution in [0.3, 0.4) is 0 Å². The minimum absolute atomic E-state index is 0.406. The fourth-order valence-electron chi connectivity index (χ4n) is 1.01. The van der Waals surface area contributed by atoms with Gasteiger partial charge in [0.25, 0.3) is 0 Å². The Bertz CT molecular complexity index is 236. The van der Waals surface area contributed by atoms with Gasteiger partial charge < -0.3 is 14.8 Å². The van der Waals surface area contributed by atoms with Crippen LogP contribution in [-0.2, 0) is 14.3 Å². The number of hydrogen-bond donors (Lipinski definition) is 1. The van der Waals surface area contributed by atoms with E-state index in [1.54, 1.807) is 0 Å². The Hall–Kier alpha value is -1.29. The summed E-state index contributed by atoms with van der Waals surface area (Å²) in [5, 5.41) is 3.23. The first-order chi connectivity index (χ1) is 7.70. The molecule has 4 heteroatoms.